The van der Waals surface area contributed by atoms with Crippen LogP contribution in [0.4, 0.5) is 0 Å². The van der Waals surface area contributed by atoms with Crippen molar-refractivity contribution in [1.82, 2.24) is 5.32 Å². The molecule has 0 aromatic carbocycles. The molecule has 3 saturated carbocycles. The maximum absolute atomic E-state index is 6.33. The summed E-state index contributed by atoms with van der Waals surface area (Å²) in [5.41, 5.74) is 0.532. The van der Waals surface area contributed by atoms with E-state index in [1.54, 1.807) is 0 Å². The lowest BCUT2D eigenvalue weighted by atomic mass is 9.60. The molecule has 0 aromatic heterocycles. The van der Waals surface area contributed by atoms with E-state index in [-0.39, 0.29) is 0 Å². The van der Waals surface area contributed by atoms with Gasteiger partial charge in [-0.25, -0.2) is 0 Å². The summed E-state index contributed by atoms with van der Waals surface area (Å²) in [4.78, 5) is 0. The van der Waals surface area contributed by atoms with Crippen LogP contribution in [0.25, 0.3) is 0 Å². The fourth-order valence-corrected chi connectivity index (χ4v) is 3.99. The Hall–Kier alpha value is -0.0800. The molecule has 3 aliphatic carbocycles. The van der Waals surface area contributed by atoms with Gasteiger partial charge in [-0.05, 0) is 51.5 Å². The Kier molecular flexibility index (Phi) is 3.45. The number of ether oxygens (including phenoxy) is 1. The topological polar surface area (TPSA) is 21.3 Å². The highest BCUT2D eigenvalue weighted by atomic mass is 16.5. The number of hydrogen-bond donors (Lipinski definition) is 1. The van der Waals surface area contributed by atoms with E-state index in [0.29, 0.717) is 17.6 Å². The first-order chi connectivity index (χ1) is 8.35. The molecule has 1 spiro atoms. The highest BCUT2D eigenvalue weighted by molar-refractivity contribution is 5.10. The second-order valence-corrected chi connectivity index (χ2v) is 6.36. The van der Waals surface area contributed by atoms with Gasteiger partial charge in [0.2, 0.25) is 0 Å². The molecule has 3 aliphatic rings. The van der Waals surface area contributed by atoms with Crippen molar-refractivity contribution in [2.75, 3.05) is 6.54 Å². The summed E-state index contributed by atoms with van der Waals surface area (Å²) >= 11 is 0. The van der Waals surface area contributed by atoms with Crippen LogP contribution in [0.2, 0.25) is 0 Å². The molecule has 2 nitrogen and oxygen atoms in total. The predicted octanol–water partition coefficient (Wildman–Crippen LogP) is 3.26. The van der Waals surface area contributed by atoms with E-state index in [9.17, 15) is 0 Å². The van der Waals surface area contributed by atoms with Crippen LogP contribution in [0, 0.1) is 5.41 Å². The highest BCUT2D eigenvalue weighted by Gasteiger charge is 2.57. The summed E-state index contributed by atoms with van der Waals surface area (Å²) in [6.07, 6.45) is 13.4. The van der Waals surface area contributed by atoms with Crippen LogP contribution < -0.4 is 5.32 Å². The van der Waals surface area contributed by atoms with Crippen LogP contribution >= 0.6 is 0 Å². The van der Waals surface area contributed by atoms with Gasteiger partial charge in [-0.15, -0.1) is 0 Å². The van der Waals surface area contributed by atoms with Crippen LogP contribution in [0.15, 0.2) is 0 Å². The fourth-order valence-electron chi connectivity index (χ4n) is 3.99. The Balaban J connectivity index is 1.58. The maximum Gasteiger partial charge on any atom is 0.0665 e. The SMILES string of the molecule is CCCNC1CC(OC2CCC2)C12CCCC2. The van der Waals surface area contributed by atoms with Gasteiger partial charge in [0.25, 0.3) is 0 Å². The van der Waals surface area contributed by atoms with E-state index in [4.69, 9.17) is 4.74 Å². The van der Waals surface area contributed by atoms with Gasteiger partial charge in [-0.1, -0.05) is 19.8 Å². The van der Waals surface area contributed by atoms with Crippen molar-refractivity contribution < 1.29 is 4.74 Å². The quantitative estimate of drug-likeness (QED) is 0.792. The van der Waals surface area contributed by atoms with Crippen molar-refractivity contribution in [2.24, 2.45) is 5.41 Å². The average Bonchev–Trinajstić information content (AvgIpc) is 2.76. The molecular weight excluding hydrogens is 210 g/mol. The zero-order valence-corrected chi connectivity index (χ0v) is 11.2. The number of hydrogen-bond acceptors (Lipinski definition) is 2. The summed E-state index contributed by atoms with van der Waals surface area (Å²) in [5, 5.41) is 3.76. The van der Waals surface area contributed by atoms with Gasteiger partial charge in [-0.3, -0.25) is 0 Å². The molecule has 1 N–H and O–H groups in total. The number of nitrogens with one attached hydrogen (secondary N) is 1. The standard InChI is InChI=1S/C15H27NO/c1-2-10-16-13-11-14(17-12-6-5-7-12)15(13)8-3-4-9-15/h12-14,16H,2-11H2,1H3. The molecule has 0 amide bonds. The summed E-state index contributed by atoms with van der Waals surface area (Å²) < 4.78 is 6.33. The molecule has 0 aliphatic heterocycles. The molecule has 0 heterocycles. The fraction of sp³-hybridized carbons (Fsp3) is 1.00. The molecule has 0 radical (unpaired) electrons. The first kappa shape index (κ1) is 12.0. The molecule has 0 saturated heterocycles. The largest absolute Gasteiger partial charge is 0.374 e. The predicted molar refractivity (Wildman–Crippen MR) is 70.1 cm³/mol. The molecule has 17 heavy (non-hydrogen) atoms. The first-order valence-electron chi connectivity index (χ1n) is 7.74. The van der Waals surface area contributed by atoms with E-state index < -0.39 is 0 Å². The molecular formula is C15H27NO. The van der Waals surface area contributed by atoms with Crippen LogP contribution in [0.1, 0.15) is 64.7 Å². The Morgan fingerprint density at radius 1 is 1.18 bits per heavy atom. The van der Waals surface area contributed by atoms with Crippen LogP contribution in [-0.4, -0.2) is 24.8 Å². The summed E-state index contributed by atoms with van der Waals surface area (Å²) in [7, 11) is 0. The minimum Gasteiger partial charge on any atom is -0.374 e. The first-order valence-corrected chi connectivity index (χ1v) is 7.74. The van der Waals surface area contributed by atoms with Gasteiger partial charge < -0.3 is 10.1 Å². The van der Waals surface area contributed by atoms with Gasteiger partial charge in [0, 0.05) is 11.5 Å². The molecule has 2 heteroatoms. The third-order valence-electron chi connectivity index (χ3n) is 5.37. The Labute approximate surface area is 105 Å². The summed E-state index contributed by atoms with van der Waals surface area (Å²) in [6.45, 7) is 3.44. The van der Waals surface area contributed by atoms with Crippen LogP contribution in [-0.2, 0) is 4.74 Å². The second-order valence-electron chi connectivity index (χ2n) is 6.36. The van der Waals surface area contributed by atoms with Crippen molar-refractivity contribution in [3.8, 4) is 0 Å². The lowest BCUT2D eigenvalue weighted by Crippen LogP contribution is -2.63. The Morgan fingerprint density at radius 2 is 1.94 bits per heavy atom. The monoisotopic (exact) mass is 237 g/mol. The molecule has 98 valence electrons. The zero-order valence-electron chi connectivity index (χ0n) is 11.2. The molecule has 2 unspecified atom stereocenters. The normalized spacial score (nSPS) is 35.8. The second kappa shape index (κ2) is 4.89. The molecule has 0 aromatic rings. The van der Waals surface area contributed by atoms with Crippen molar-refractivity contribution in [1.29, 1.82) is 0 Å². The van der Waals surface area contributed by atoms with Crippen LogP contribution in [0.5, 0.6) is 0 Å². The van der Waals surface area contributed by atoms with Gasteiger partial charge in [-0.2, -0.15) is 0 Å². The molecule has 0 bridgehead atoms. The number of rotatable bonds is 5. The third kappa shape index (κ3) is 2.04. The van der Waals surface area contributed by atoms with Crippen molar-refractivity contribution in [3.05, 3.63) is 0 Å². The smallest absolute Gasteiger partial charge is 0.0665 e. The van der Waals surface area contributed by atoms with E-state index >= 15 is 0 Å². The van der Waals surface area contributed by atoms with E-state index in [2.05, 4.69) is 12.2 Å². The molecule has 2 atom stereocenters. The van der Waals surface area contributed by atoms with Gasteiger partial charge in [0.05, 0.1) is 12.2 Å². The molecule has 3 rings (SSSR count). The minimum atomic E-state index is 0.532. The Bertz CT molecular complexity index is 256. The van der Waals surface area contributed by atoms with Gasteiger partial charge in [0.1, 0.15) is 0 Å². The Morgan fingerprint density at radius 3 is 2.53 bits per heavy atom. The van der Waals surface area contributed by atoms with Crippen molar-refractivity contribution in [3.63, 3.8) is 0 Å². The zero-order chi connectivity index (χ0) is 11.7. The molecule has 3 fully saturated rings. The van der Waals surface area contributed by atoms with E-state index in [1.165, 1.54) is 64.3 Å². The third-order valence-corrected chi connectivity index (χ3v) is 5.37. The van der Waals surface area contributed by atoms with E-state index in [0.717, 1.165) is 6.04 Å². The van der Waals surface area contributed by atoms with Crippen LogP contribution in [0.3, 0.4) is 0 Å². The average molecular weight is 237 g/mol. The highest BCUT2D eigenvalue weighted by Crippen LogP contribution is 2.55. The lowest BCUT2D eigenvalue weighted by molar-refractivity contribution is -0.175. The summed E-state index contributed by atoms with van der Waals surface area (Å²) in [6, 6.07) is 0.759. The van der Waals surface area contributed by atoms with Gasteiger partial charge >= 0.3 is 0 Å². The maximum atomic E-state index is 6.33. The summed E-state index contributed by atoms with van der Waals surface area (Å²) in [5.74, 6) is 0. The minimum absolute atomic E-state index is 0.532. The van der Waals surface area contributed by atoms with Crippen molar-refractivity contribution >= 4 is 0 Å². The van der Waals surface area contributed by atoms with Gasteiger partial charge in [0.15, 0.2) is 0 Å². The van der Waals surface area contributed by atoms with Crippen molar-refractivity contribution in [2.45, 2.75) is 83.0 Å². The van der Waals surface area contributed by atoms with E-state index in [1.807, 2.05) is 0 Å². The lowest BCUT2D eigenvalue weighted by Gasteiger charge is -2.56.